The van der Waals surface area contributed by atoms with Crippen molar-refractivity contribution in [3.8, 4) is 5.88 Å². The number of nitrogens with zero attached hydrogens (tertiary/aromatic N) is 2. The quantitative estimate of drug-likeness (QED) is 0.771. The molecular weight excluding hydrogens is 394 g/mol. The summed E-state index contributed by atoms with van der Waals surface area (Å²) in [7, 11) is 0. The van der Waals surface area contributed by atoms with Gasteiger partial charge in [-0.3, -0.25) is 4.79 Å². The Morgan fingerprint density at radius 3 is 2.21 bits per heavy atom. The molecule has 1 aliphatic heterocycles. The van der Waals surface area contributed by atoms with Gasteiger partial charge in [0, 0.05) is 12.6 Å². The largest absolute Gasteiger partial charge is 0.468 e. The Balaban J connectivity index is 1.66. The Bertz CT molecular complexity index is 724. The average molecular weight is 412 g/mol. The fourth-order valence-corrected chi connectivity index (χ4v) is 3.73. The molecule has 11 heteroatoms. The highest BCUT2D eigenvalue weighted by Gasteiger charge is 2.60. The number of carbonyl (C=O) groups is 1. The molecule has 0 radical (unpaired) electrons. The number of rotatable bonds is 3. The molecule has 1 aromatic heterocycles. The number of halogens is 6. The van der Waals surface area contributed by atoms with Crippen LogP contribution in [-0.2, 0) is 4.79 Å². The van der Waals surface area contributed by atoms with Crippen molar-refractivity contribution in [2.75, 3.05) is 18.1 Å². The van der Waals surface area contributed by atoms with Crippen molar-refractivity contribution < 1.29 is 41.0 Å². The zero-order valence-corrected chi connectivity index (χ0v) is 14.6. The van der Waals surface area contributed by atoms with Gasteiger partial charge in [-0.05, 0) is 38.2 Å². The molecule has 0 aromatic carbocycles. The lowest BCUT2D eigenvalue weighted by molar-refractivity contribution is -0.274. The highest BCUT2D eigenvalue weighted by molar-refractivity contribution is 5.99. The molecule has 3 rings (SSSR count). The van der Waals surface area contributed by atoms with Gasteiger partial charge in [-0.25, -0.2) is 4.98 Å². The third-order valence-electron chi connectivity index (χ3n) is 5.49. The van der Waals surface area contributed by atoms with E-state index in [9.17, 15) is 36.2 Å². The van der Waals surface area contributed by atoms with Crippen molar-refractivity contribution >= 4 is 11.6 Å². The van der Waals surface area contributed by atoms with Crippen molar-refractivity contribution in [1.82, 2.24) is 4.98 Å². The maximum atomic E-state index is 13.0. The summed E-state index contributed by atoms with van der Waals surface area (Å²) in [5.41, 5.74) is -3.41. The molecule has 1 N–H and O–H groups in total. The van der Waals surface area contributed by atoms with Crippen LogP contribution >= 0.6 is 0 Å². The third-order valence-corrected chi connectivity index (χ3v) is 5.49. The molecular formula is C17H18F6N2O3. The summed E-state index contributed by atoms with van der Waals surface area (Å²) >= 11 is 0. The van der Waals surface area contributed by atoms with Crippen molar-refractivity contribution in [1.29, 1.82) is 0 Å². The van der Waals surface area contributed by atoms with Gasteiger partial charge >= 0.3 is 12.4 Å². The molecule has 1 aliphatic carbocycles. The van der Waals surface area contributed by atoms with E-state index in [1.54, 1.807) is 0 Å². The van der Waals surface area contributed by atoms with Crippen LogP contribution in [0.2, 0.25) is 0 Å². The summed E-state index contributed by atoms with van der Waals surface area (Å²) in [6.45, 7) is -1.24. The van der Waals surface area contributed by atoms with E-state index in [1.807, 2.05) is 0 Å². The summed E-state index contributed by atoms with van der Waals surface area (Å²) < 4.78 is 79.9. The van der Waals surface area contributed by atoms with Gasteiger partial charge in [0.05, 0.1) is 17.3 Å². The zero-order valence-electron chi connectivity index (χ0n) is 14.6. The Hall–Kier alpha value is -2.04. The number of aromatic nitrogens is 1. The van der Waals surface area contributed by atoms with E-state index in [4.69, 9.17) is 0 Å². The zero-order chi connectivity index (χ0) is 20.8. The van der Waals surface area contributed by atoms with Gasteiger partial charge < -0.3 is 14.7 Å². The first kappa shape index (κ1) is 20.7. The summed E-state index contributed by atoms with van der Waals surface area (Å²) in [6.07, 6.45) is -8.97. The molecule has 0 atom stereocenters. The molecule has 2 fully saturated rings. The van der Waals surface area contributed by atoms with Crippen LogP contribution in [0.25, 0.3) is 0 Å². The van der Waals surface area contributed by atoms with E-state index in [0.717, 1.165) is 0 Å². The van der Waals surface area contributed by atoms with Crippen molar-refractivity contribution in [2.45, 2.75) is 50.1 Å². The minimum atomic E-state index is -4.74. The second kappa shape index (κ2) is 6.78. The summed E-state index contributed by atoms with van der Waals surface area (Å²) in [5, 5.41) is 9.81. The minimum absolute atomic E-state index is 0.0848. The third kappa shape index (κ3) is 3.89. The normalized spacial score (nSPS) is 28.8. The number of pyridine rings is 1. The van der Waals surface area contributed by atoms with Gasteiger partial charge in [0.2, 0.25) is 11.8 Å². The summed E-state index contributed by atoms with van der Waals surface area (Å²) in [5.74, 6) is -0.613. The van der Waals surface area contributed by atoms with Crippen molar-refractivity contribution in [3.05, 3.63) is 18.3 Å². The molecule has 0 bridgehead atoms. The fraction of sp³-hybridized carbons (Fsp3) is 0.647. The van der Waals surface area contributed by atoms with Crippen LogP contribution in [0.5, 0.6) is 5.88 Å². The van der Waals surface area contributed by atoms with E-state index in [1.165, 1.54) is 23.2 Å². The van der Waals surface area contributed by atoms with Crippen LogP contribution in [0.4, 0.5) is 32.0 Å². The van der Waals surface area contributed by atoms with Gasteiger partial charge in [-0.2, -0.15) is 26.3 Å². The number of aliphatic hydroxyl groups is 1. The first-order valence-electron chi connectivity index (χ1n) is 8.62. The lowest BCUT2D eigenvalue weighted by atomic mass is 9.67. The fourth-order valence-electron chi connectivity index (χ4n) is 3.73. The Kier molecular flexibility index (Phi) is 5.01. The van der Waals surface area contributed by atoms with Crippen LogP contribution < -0.4 is 9.64 Å². The number of hydrogen-bond donors (Lipinski definition) is 1. The topological polar surface area (TPSA) is 62.7 Å². The Labute approximate surface area is 156 Å². The number of alkyl halides is 6. The first-order valence-corrected chi connectivity index (χ1v) is 8.62. The predicted octanol–water partition coefficient (Wildman–Crippen LogP) is 3.61. The number of hydrogen-bond acceptors (Lipinski definition) is 4. The lowest BCUT2D eigenvalue weighted by Crippen LogP contribution is -2.51. The predicted molar refractivity (Wildman–Crippen MR) is 84.7 cm³/mol. The minimum Gasteiger partial charge on any atom is -0.468 e. The second-order valence-corrected chi connectivity index (χ2v) is 7.27. The Morgan fingerprint density at radius 1 is 1.07 bits per heavy atom. The molecule has 1 amide bonds. The van der Waals surface area contributed by atoms with Crippen molar-refractivity contribution in [2.24, 2.45) is 5.41 Å². The van der Waals surface area contributed by atoms with E-state index in [-0.39, 0.29) is 31.2 Å². The standard InChI is InChI=1S/C17H18F6N2O3/c18-16(19,20)10-28-12-2-1-11(9-24-12)25-8-7-14(13(25)26)3-5-15(27,6-4-14)17(21,22)23/h1-2,9,27H,3-8,10H2. The molecule has 2 aliphatic rings. The monoisotopic (exact) mass is 412 g/mol. The van der Waals surface area contributed by atoms with E-state index >= 15 is 0 Å². The molecule has 2 heterocycles. The number of amides is 1. The van der Waals surface area contributed by atoms with Crippen LogP contribution in [0.3, 0.4) is 0 Å². The van der Waals surface area contributed by atoms with Gasteiger partial charge in [0.25, 0.3) is 0 Å². The van der Waals surface area contributed by atoms with Gasteiger partial charge in [-0.15, -0.1) is 0 Å². The molecule has 1 aromatic rings. The average Bonchev–Trinajstić information content (AvgIpc) is 2.92. The molecule has 0 unspecified atom stereocenters. The number of carbonyl (C=O) groups excluding carboxylic acids is 1. The lowest BCUT2D eigenvalue weighted by Gasteiger charge is -2.41. The Morgan fingerprint density at radius 2 is 1.71 bits per heavy atom. The molecule has 1 spiro atoms. The van der Waals surface area contributed by atoms with E-state index < -0.39 is 42.8 Å². The number of ether oxygens (including phenoxy) is 1. The second-order valence-electron chi connectivity index (χ2n) is 7.27. The van der Waals surface area contributed by atoms with Crippen LogP contribution in [0.15, 0.2) is 18.3 Å². The highest BCUT2D eigenvalue weighted by atomic mass is 19.4. The van der Waals surface area contributed by atoms with Gasteiger partial charge in [0.15, 0.2) is 12.2 Å². The number of anilines is 1. The molecule has 28 heavy (non-hydrogen) atoms. The van der Waals surface area contributed by atoms with Gasteiger partial charge in [0.1, 0.15) is 0 Å². The summed E-state index contributed by atoms with van der Waals surface area (Å²) in [4.78, 5) is 17.9. The molecule has 156 valence electrons. The van der Waals surface area contributed by atoms with Crippen LogP contribution in [0, 0.1) is 5.41 Å². The van der Waals surface area contributed by atoms with Crippen LogP contribution in [-0.4, -0.2) is 47.1 Å². The summed E-state index contributed by atoms with van der Waals surface area (Å²) in [6, 6.07) is 2.58. The molecule has 1 saturated heterocycles. The first-order chi connectivity index (χ1) is 12.9. The van der Waals surface area contributed by atoms with Crippen molar-refractivity contribution in [3.63, 3.8) is 0 Å². The highest BCUT2D eigenvalue weighted by Crippen LogP contribution is 2.52. The SMILES string of the molecule is O=C1N(c2ccc(OCC(F)(F)F)nc2)CCC12CCC(O)(C(F)(F)F)CC2. The van der Waals surface area contributed by atoms with Gasteiger partial charge in [-0.1, -0.05) is 0 Å². The van der Waals surface area contributed by atoms with E-state index in [2.05, 4.69) is 9.72 Å². The maximum absolute atomic E-state index is 13.0. The van der Waals surface area contributed by atoms with E-state index in [0.29, 0.717) is 12.1 Å². The maximum Gasteiger partial charge on any atom is 0.422 e. The smallest absolute Gasteiger partial charge is 0.422 e. The van der Waals surface area contributed by atoms with Crippen LogP contribution in [0.1, 0.15) is 32.1 Å². The molecule has 5 nitrogen and oxygen atoms in total. The molecule has 1 saturated carbocycles.